The molecule has 2 aromatic rings. The van der Waals surface area contributed by atoms with E-state index in [9.17, 15) is 18.5 Å². The Morgan fingerprint density at radius 3 is 2.25 bits per heavy atom. The predicted octanol–water partition coefficient (Wildman–Crippen LogP) is 2.77. The molecule has 0 saturated heterocycles. The molecule has 6 heteroatoms. The Morgan fingerprint density at radius 2 is 1.75 bits per heavy atom. The van der Waals surface area contributed by atoms with Gasteiger partial charge in [-0.1, -0.05) is 18.2 Å². The molecule has 0 bridgehead atoms. The van der Waals surface area contributed by atoms with Crippen molar-refractivity contribution in [1.82, 2.24) is 0 Å². The number of rotatable bonds is 3. The van der Waals surface area contributed by atoms with Crippen molar-refractivity contribution in [3.8, 4) is 11.1 Å². The van der Waals surface area contributed by atoms with E-state index in [4.69, 9.17) is 0 Å². The van der Waals surface area contributed by atoms with E-state index in [1.54, 1.807) is 31.2 Å². The molecule has 0 atom stereocenters. The first kappa shape index (κ1) is 14.2. The summed E-state index contributed by atoms with van der Waals surface area (Å²) >= 11 is 0. The molecule has 0 aliphatic rings. The summed E-state index contributed by atoms with van der Waals surface area (Å²) in [7, 11) is -3.28. The smallest absolute Gasteiger partial charge is 0.258 e. The molecule has 103 valence electrons. The molecule has 0 aromatic heterocycles. The molecule has 2 aromatic carbocycles. The Labute approximate surface area is 116 Å². The van der Waals surface area contributed by atoms with Crippen LogP contribution in [0.25, 0.3) is 11.1 Å². The first-order chi connectivity index (χ1) is 9.30. The van der Waals surface area contributed by atoms with E-state index in [0.29, 0.717) is 16.7 Å². The second kappa shape index (κ2) is 5.05. The summed E-state index contributed by atoms with van der Waals surface area (Å²) in [6.45, 7) is 1.62. The Morgan fingerprint density at radius 1 is 1.15 bits per heavy atom. The molecule has 1 radical (unpaired) electrons. The van der Waals surface area contributed by atoms with Crippen molar-refractivity contribution >= 4 is 15.5 Å². The van der Waals surface area contributed by atoms with Crippen LogP contribution in [0, 0.1) is 23.1 Å². The van der Waals surface area contributed by atoms with Gasteiger partial charge in [-0.15, -0.1) is 0 Å². The van der Waals surface area contributed by atoms with Crippen LogP contribution in [0.4, 0.5) is 5.69 Å². The highest BCUT2D eigenvalue weighted by Gasteiger charge is 2.18. The zero-order valence-corrected chi connectivity index (χ0v) is 11.8. The quantitative estimate of drug-likeness (QED) is 0.643. The van der Waals surface area contributed by atoms with Gasteiger partial charge in [0.2, 0.25) is 0 Å². The third kappa shape index (κ3) is 2.70. The van der Waals surface area contributed by atoms with Crippen LogP contribution in [0.2, 0.25) is 0 Å². The highest BCUT2D eigenvalue weighted by Crippen LogP contribution is 2.32. The number of aryl methyl sites for hydroxylation is 1. The third-order valence-corrected chi connectivity index (χ3v) is 4.06. The van der Waals surface area contributed by atoms with E-state index >= 15 is 0 Å². The van der Waals surface area contributed by atoms with E-state index in [0.717, 1.165) is 6.26 Å². The van der Waals surface area contributed by atoms with Crippen LogP contribution in [-0.2, 0) is 9.84 Å². The molecule has 2 rings (SSSR count). The molecule has 0 fully saturated rings. The summed E-state index contributed by atoms with van der Waals surface area (Å²) in [6, 6.07) is 12.0. The lowest BCUT2D eigenvalue weighted by atomic mass is 10.0. The molecule has 0 heterocycles. The number of hydrogen-bond donors (Lipinski definition) is 0. The Kier molecular flexibility index (Phi) is 3.59. The number of nitrogens with zero attached hydrogens (tertiary/aromatic N) is 1. The van der Waals surface area contributed by atoms with Crippen molar-refractivity contribution in [2.75, 3.05) is 6.26 Å². The average molecular weight is 290 g/mol. The molecule has 0 amide bonds. The summed E-state index contributed by atoms with van der Waals surface area (Å²) in [5.41, 5.74) is 1.48. The second-order valence-corrected chi connectivity index (χ2v) is 6.43. The maximum absolute atomic E-state index is 11.4. The lowest BCUT2D eigenvalue weighted by molar-refractivity contribution is -0.384. The van der Waals surface area contributed by atoms with Gasteiger partial charge in [0.15, 0.2) is 9.84 Å². The van der Waals surface area contributed by atoms with Gasteiger partial charge in [0, 0.05) is 11.8 Å². The number of hydrogen-bond acceptors (Lipinski definition) is 4. The highest BCUT2D eigenvalue weighted by atomic mass is 32.2. The van der Waals surface area contributed by atoms with Gasteiger partial charge in [-0.3, -0.25) is 10.1 Å². The lowest BCUT2D eigenvalue weighted by Gasteiger charge is -2.06. The molecule has 0 N–H and O–H groups in total. The van der Waals surface area contributed by atoms with Gasteiger partial charge in [0.25, 0.3) is 5.69 Å². The van der Waals surface area contributed by atoms with Crippen LogP contribution >= 0.6 is 0 Å². The summed E-state index contributed by atoms with van der Waals surface area (Å²) in [5, 5.41) is 11.1. The maximum atomic E-state index is 11.4. The van der Waals surface area contributed by atoms with Crippen molar-refractivity contribution in [3.63, 3.8) is 0 Å². The zero-order valence-electron chi connectivity index (χ0n) is 11.0. The molecular formula is C14H12NO4S. The van der Waals surface area contributed by atoms with Crippen LogP contribution in [-0.4, -0.2) is 19.6 Å². The van der Waals surface area contributed by atoms with Gasteiger partial charge in [-0.05, 0) is 36.8 Å². The summed E-state index contributed by atoms with van der Waals surface area (Å²) in [6.07, 6.45) is 1.12. The van der Waals surface area contributed by atoms with Gasteiger partial charge in [0.05, 0.1) is 15.4 Å². The SMILES string of the molecule is Cc1[c]ccc(-c2ccc(S(C)(=O)=O)cc2)c1[N+](=O)[O-]. The molecule has 0 saturated carbocycles. The van der Waals surface area contributed by atoms with Gasteiger partial charge in [0.1, 0.15) is 0 Å². The first-order valence-electron chi connectivity index (χ1n) is 5.77. The topological polar surface area (TPSA) is 77.3 Å². The van der Waals surface area contributed by atoms with Gasteiger partial charge >= 0.3 is 0 Å². The van der Waals surface area contributed by atoms with Crippen LogP contribution in [0.5, 0.6) is 0 Å². The van der Waals surface area contributed by atoms with Crippen molar-refractivity contribution in [1.29, 1.82) is 0 Å². The molecule has 20 heavy (non-hydrogen) atoms. The first-order valence-corrected chi connectivity index (χ1v) is 7.66. The second-order valence-electron chi connectivity index (χ2n) is 4.42. The molecule has 0 aliphatic heterocycles. The number of nitro benzene ring substituents is 1. The average Bonchev–Trinajstić information content (AvgIpc) is 2.37. The minimum absolute atomic E-state index is 0.0143. The Balaban J connectivity index is 2.58. The van der Waals surface area contributed by atoms with Crippen molar-refractivity contribution in [3.05, 3.63) is 58.1 Å². The number of sulfone groups is 1. The van der Waals surface area contributed by atoms with Gasteiger partial charge < -0.3 is 0 Å². The lowest BCUT2D eigenvalue weighted by Crippen LogP contribution is -1.98. The Hall–Kier alpha value is -2.21. The largest absolute Gasteiger partial charge is 0.280 e. The van der Waals surface area contributed by atoms with Crippen LogP contribution in [0.15, 0.2) is 41.3 Å². The molecule has 0 spiro atoms. The van der Waals surface area contributed by atoms with Gasteiger partial charge in [-0.25, -0.2) is 8.42 Å². The van der Waals surface area contributed by atoms with Crippen LogP contribution in [0.1, 0.15) is 5.56 Å². The van der Waals surface area contributed by atoms with Crippen molar-refractivity contribution in [2.45, 2.75) is 11.8 Å². The zero-order chi connectivity index (χ0) is 14.9. The van der Waals surface area contributed by atoms with E-state index in [-0.39, 0.29) is 10.6 Å². The van der Waals surface area contributed by atoms with Crippen molar-refractivity contribution < 1.29 is 13.3 Å². The van der Waals surface area contributed by atoms with E-state index in [1.807, 2.05) is 0 Å². The predicted molar refractivity (Wildman–Crippen MR) is 75.2 cm³/mol. The minimum Gasteiger partial charge on any atom is -0.258 e. The third-order valence-electron chi connectivity index (χ3n) is 2.94. The standard InChI is InChI=1S/C14H12NO4S/c1-10-4-3-5-13(14(10)15(16)17)11-6-8-12(9-7-11)20(2,18)19/h3,5-9H,1-2H3. The van der Waals surface area contributed by atoms with E-state index < -0.39 is 14.8 Å². The normalized spacial score (nSPS) is 11.3. The summed E-state index contributed by atoms with van der Waals surface area (Å²) in [4.78, 5) is 10.9. The van der Waals surface area contributed by atoms with Crippen LogP contribution < -0.4 is 0 Å². The fraction of sp³-hybridized carbons (Fsp3) is 0.143. The molecular weight excluding hydrogens is 278 g/mol. The van der Waals surface area contributed by atoms with Crippen molar-refractivity contribution in [2.24, 2.45) is 0 Å². The number of nitro groups is 1. The molecule has 0 unspecified atom stereocenters. The maximum Gasteiger partial charge on any atom is 0.280 e. The highest BCUT2D eigenvalue weighted by molar-refractivity contribution is 7.90. The summed E-state index contributed by atoms with van der Waals surface area (Å²) < 4.78 is 22.8. The van der Waals surface area contributed by atoms with Gasteiger partial charge in [-0.2, -0.15) is 0 Å². The monoisotopic (exact) mass is 290 g/mol. The fourth-order valence-electron chi connectivity index (χ4n) is 1.95. The van der Waals surface area contributed by atoms with Crippen LogP contribution in [0.3, 0.4) is 0 Å². The molecule has 5 nitrogen and oxygen atoms in total. The number of benzene rings is 2. The fourth-order valence-corrected chi connectivity index (χ4v) is 2.58. The van der Waals surface area contributed by atoms with E-state index in [1.165, 1.54) is 12.1 Å². The molecule has 0 aliphatic carbocycles. The Bertz CT molecular complexity index is 764. The van der Waals surface area contributed by atoms with E-state index in [2.05, 4.69) is 6.07 Å². The summed E-state index contributed by atoms with van der Waals surface area (Å²) in [5.74, 6) is 0. The minimum atomic E-state index is -3.28.